The van der Waals surface area contributed by atoms with Gasteiger partial charge in [-0.15, -0.1) is 0 Å². The fraction of sp³-hybridized carbons (Fsp3) is 0.391. The number of piperidine rings is 1. The first kappa shape index (κ1) is 19.9. The highest BCUT2D eigenvalue weighted by Gasteiger charge is 2.25. The molecule has 0 atom stereocenters. The van der Waals surface area contributed by atoms with E-state index in [2.05, 4.69) is 26.1 Å². The van der Waals surface area contributed by atoms with Gasteiger partial charge in [-0.25, -0.2) is 0 Å². The minimum atomic E-state index is -0.0848. The molecule has 0 aromatic heterocycles. The summed E-state index contributed by atoms with van der Waals surface area (Å²) in [5.74, 6) is -0.0675. The molecule has 148 valence electrons. The molecule has 0 spiro atoms. The molecule has 3 rings (SSSR count). The summed E-state index contributed by atoms with van der Waals surface area (Å²) in [6, 6.07) is 14.2. The Kier molecular flexibility index (Phi) is 5.73. The van der Waals surface area contributed by atoms with Crippen molar-refractivity contribution in [3.63, 3.8) is 0 Å². The zero-order chi connectivity index (χ0) is 20.3. The normalized spacial score (nSPS) is 15.3. The molecule has 0 saturated carbocycles. The van der Waals surface area contributed by atoms with Gasteiger partial charge in [-0.1, -0.05) is 39.0 Å². The van der Waals surface area contributed by atoms with E-state index in [1.165, 1.54) is 11.6 Å². The first-order valence-corrected chi connectivity index (χ1v) is 9.74. The standard InChI is InChI=1S/C23H28N2O3/c1-23(2,3)18-9-7-16(8-10-18)21(27)24-19-11-13-25(14-12-19)22(28)17-5-4-6-20(26)15-17/h4-10,15,19,26H,11-14H2,1-3H3,(H,24,27). The van der Waals surface area contributed by atoms with Crippen LogP contribution in [0.1, 0.15) is 59.9 Å². The molecule has 5 nitrogen and oxygen atoms in total. The molecule has 28 heavy (non-hydrogen) atoms. The molecular weight excluding hydrogens is 352 g/mol. The van der Waals surface area contributed by atoms with E-state index in [9.17, 15) is 14.7 Å². The van der Waals surface area contributed by atoms with Gasteiger partial charge in [0.2, 0.25) is 0 Å². The maximum atomic E-state index is 12.5. The van der Waals surface area contributed by atoms with Crippen LogP contribution in [0.4, 0.5) is 0 Å². The van der Waals surface area contributed by atoms with E-state index < -0.39 is 0 Å². The number of phenolic OH excluding ortho intramolecular Hbond substituents is 1. The number of carbonyl (C=O) groups excluding carboxylic acids is 2. The van der Waals surface area contributed by atoms with E-state index in [-0.39, 0.29) is 29.0 Å². The van der Waals surface area contributed by atoms with Crippen molar-refractivity contribution in [1.82, 2.24) is 10.2 Å². The second-order valence-corrected chi connectivity index (χ2v) is 8.42. The fourth-order valence-electron chi connectivity index (χ4n) is 3.44. The molecule has 0 unspecified atom stereocenters. The van der Waals surface area contributed by atoms with Crippen molar-refractivity contribution in [2.45, 2.75) is 45.1 Å². The highest BCUT2D eigenvalue weighted by atomic mass is 16.3. The van der Waals surface area contributed by atoms with Gasteiger partial charge in [0.1, 0.15) is 5.75 Å². The zero-order valence-electron chi connectivity index (χ0n) is 16.7. The molecule has 1 aliphatic rings. The summed E-state index contributed by atoms with van der Waals surface area (Å²) in [6.07, 6.45) is 1.44. The van der Waals surface area contributed by atoms with Gasteiger partial charge < -0.3 is 15.3 Å². The number of aromatic hydroxyl groups is 1. The predicted octanol–water partition coefficient (Wildman–Crippen LogP) is 3.72. The lowest BCUT2D eigenvalue weighted by Gasteiger charge is -2.32. The van der Waals surface area contributed by atoms with Crippen LogP contribution in [-0.2, 0) is 5.41 Å². The van der Waals surface area contributed by atoms with Crippen molar-refractivity contribution in [3.8, 4) is 5.75 Å². The van der Waals surface area contributed by atoms with Crippen LogP contribution < -0.4 is 5.32 Å². The highest BCUT2D eigenvalue weighted by Crippen LogP contribution is 2.22. The Balaban J connectivity index is 1.54. The number of phenols is 1. The Labute approximate surface area is 166 Å². The highest BCUT2D eigenvalue weighted by molar-refractivity contribution is 5.95. The zero-order valence-corrected chi connectivity index (χ0v) is 16.7. The molecule has 0 radical (unpaired) electrons. The molecule has 2 N–H and O–H groups in total. The van der Waals surface area contributed by atoms with Crippen molar-refractivity contribution in [2.75, 3.05) is 13.1 Å². The summed E-state index contributed by atoms with van der Waals surface area (Å²) in [7, 11) is 0. The number of likely N-dealkylation sites (tertiary alicyclic amines) is 1. The maximum absolute atomic E-state index is 12.5. The molecule has 1 aliphatic heterocycles. The Morgan fingerprint density at radius 2 is 1.64 bits per heavy atom. The summed E-state index contributed by atoms with van der Waals surface area (Å²) in [4.78, 5) is 26.8. The smallest absolute Gasteiger partial charge is 0.253 e. The van der Waals surface area contributed by atoms with Crippen LogP contribution in [0.15, 0.2) is 48.5 Å². The van der Waals surface area contributed by atoms with Crippen molar-refractivity contribution in [1.29, 1.82) is 0 Å². The second kappa shape index (κ2) is 8.05. The molecule has 1 saturated heterocycles. The van der Waals surface area contributed by atoms with E-state index in [1.54, 1.807) is 23.1 Å². The first-order chi connectivity index (χ1) is 13.2. The fourth-order valence-corrected chi connectivity index (χ4v) is 3.44. The predicted molar refractivity (Wildman–Crippen MR) is 110 cm³/mol. The monoisotopic (exact) mass is 380 g/mol. The summed E-state index contributed by atoms with van der Waals surface area (Å²) in [5, 5.41) is 12.6. The SMILES string of the molecule is CC(C)(C)c1ccc(C(=O)NC2CCN(C(=O)c3cccc(O)c3)CC2)cc1. The van der Waals surface area contributed by atoms with Gasteiger partial charge in [0, 0.05) is 30.3 Å². The van der Waals surface area contributed by atoms with E-state index in [0.717, 1.165) is 12.8 Å². The number of amides is 2. The Bertz CT molecular complexity index is 845. The van der Waals surface area contributed by atoms with Crippen LogP contribution in [0.2, 0.25) is 0 Å². The van der Waals surface area contributed by atoms with Gasteiger partial charge in [0.25, 0.3) is 11.8 Å². The van der Waals surface area contributed by atoms with Crippen LogP contribution in [0, 0.1) is 0 Å². The molecule has 1 fully saturated rings. The van der Waals surface area contributed by atoms with E-state index in [0.29, 0.717) is 24.2 Å². The summed E-state index contributed by atoms with van der Waals surface area (Å²) in [6.45, 7) is 7.61. The largest absolute Gasteiger partial charge is 0.508 e. The van der Waals surface area contributed by atoms with E-state index >= 15 is 0 Å². The van der Waals surface area contributed by atoms with Crippen LogP contribution in [-0.4, -0.2) is 41.0 Å². The van der Waals surface area contributed by atoms with E-state index in [4.69, 9.17) is 0 Å². The molecule has 0 aliphatic carbocycles. The van der Waals surface area contributed by atoms with Gasteiger partial charge >= 0.3 is 0 Å². The number of nitrogens with zero attached hydrogens (tertiary/aromatic N) is 1. The third-order valence-corrected chi connectivity index (χ3v) is 5.22. The molecule has 1 heterocycles. The minimum absolute atomic E-state index is 0.0584. The Morgan fingerprint density at radius 3 is 2.21 bits per heavy atom. The third-order valence-electron chi connectivity index (χ3n) is 5.22. The number of nitrogens with one attached hydrogen (secondary N) is 1. The number of rotatable bonds is 3. The van der Waals surface area contributed by atoms with Gasteiger partial charge in [-0.3, -0.25) is 9.59 Å². The topological polar surface area (TPSA) is 69.6 Å². The summed E-state index contributed by atoms with van der Waals surface area (Å²) >= 11 is 0. The summed E-state index contributed by atoms with van der Waals surface area (Å²) in [5.41, 5.74) is 2.40. The van der Waals surface area contributed by atoms with Crippen LogP contribution >= 0.6 is 0 Å². The lowest BCUT2D eigenvalue weighted by Crippen LogP contribution is -2.46. The van der Waals surface area contributed by atoms with Gasteiger partial charge in [0.15, 0.2) is 0 Å². The van der Waals surface area contributed by atoms with Crippen molar-refractivity contribution in [2.24, 2.45) is 0 Å². The Morgan fingerprint density at radius 1 is 1.00 bits per heavy atom. The lowest BCUT2D eigenvalue weighted by molar-refractivity contribution is 0.0697. The van der Waals surface area contributed by atoms with Crippen molar-refractivity contribution >= 4 is 11.8 Å². The molecule has 0 bridgehead atoms. The summed E-state index contributed by atoms with van der Waals surface area (Å²) < 4.78 is 0. The molecule has 5 heteroatoms. The lowest BCUT2D eigenvalue weighted by atomic mass is 9.86. The van der Waals surface area contributed by atoms with Gasteiger partial charge in [-0.2, -0.15) is 0 Å². The number of hydrogen-bond donors (Lipinski definition) is 2. The third kappa shape index (κ3) is 4.71. The maximum Gasteiger partial charge on any atom is 0.253 e. The number of carbonyl (C=O) groups is 2. The minimum Gasteiger partial charge on any atom is -0.508 e. The van der Waals surface area contributed by atoms with Crippen LogP contribution in [0.25, 0.3) is 0 Å². The number of benzene rings is 2. The van der Waals surface area contributed by atoms with Crippen LogP contribution in [0.5, 0.6) is 5.75 Å². The first-order valence-electron chi connectivity index (χ1n) is 9.74. The molecule has 2 amide bonds. The van der Waals surface area contributed by atoms with Gasteiger partial charge in [0.05, 0.1) is 0 Å². The number of hydrogen-bond acceptors (Lipinski definition) is 3. The molecule has 2 aromatic carbocycles. The Hall–Kier alpha value is -2.82. The molecular formula is C23H28N2O3. The molecule has 2 aromatic rings. The average Bonchev–Trinajstić information content (AvgIpc) is 2.67. The van der Waals surface area contributed by atoms with Crippen molar-refractivity contribution < 1.29 is 14.7 Å². The average molecular weight is 380 g/mol. The second-order valence-electron chi connectivity index (χ2n) is 8.42. The van der Waals surface area contributed by atoms with Crippen LogP contribution in [0.3, 0.4) is 0 Å². The quantitative estimate of drug-likeness (QED) is 0.853. The van der Waals surface area contributed by atoms with Gasteiger partial charge in [-0.05, 0) is 54.2 Å². The van der Waals surface area contributed by atoms with E-state index in [1.807, 2.05) is 24.3 Å². The van der Waals surface area contributed by atoms with Crippen molar-refractivity contribution in [3.05, 3.63) is 65.2 Å².